The van der Waals surface area contributed by atoms with E-state index in [2.05, 4.69) is 23.3 Å². The van der Waals surface area contributed by atoms with E-state index in [0.29, 0.717) is 6.54 Å². The van der Waals surface area contributed by atoms with E-state index in [9.17, 15) is 14.4 Å². The van der Waals surface area contributed by atoms with Crippen LogP contribution in [0.1, 0.15) is 62.9 Å². The van der Waals surface area contributed by atoms with Gasteiger partial charge in [0.25, 0.3) is 0 Å². The van der Waals surface area contributed by atoms with Crippen molar-refractivity contribution in [1.82, 2.24) is 15.5 Å². The van der Waals surface area contributed by atoms with Crippen molar-refractivity contribution in [2.24, 2.45) is 0 Å². The molecule has 0 saturated carbocycles. The molecule has 7 nitrogen and oxygen atoms in total. The van der Waals surface area contributed by atoms with Crippen LogP contribution in [0, 0.1) is 13.8 Å². The number of alkyl carbamates (subject to hydrolysis) is 1. The van der Waals surface area contributed by atoms with Gasteiger partial charge in [-0.3, -0.25) is 9.59 Å². The largest absolute Gasteiger partial charge is 0.444 e. The summed E-state index contributed by atoms with van der Waals surface area (Å²) in [6, 6.07) is 13.2. The number of hydrogen-bond donors (Lipinski definition) is 3. The van der Waals surface area contributed by atoms with E-state index < -0.39 is 29.7 Å². The second kappa shape index (κ2) is 12.8. The molecule has 0 spiro atoms. The van der Waals surface area contributed by atoms with Gasteiger partial charge in [0.2, 0.25) is 11.8 Å². The fraction of sp³-hybridized carbons (Fsp3) is 0.464. The maximum Gasteiger partial charge on any atom is 0.408 e. The molecular formula is C28H39N3O4S. The summed E-state index contributed by atoms with van der Waals surface area (Å²) in [5.41, 5.74) is 2.80. The van der Waals surface area contributed by atoms with Crippen molar-refractivity contribution in [3.63, 3.8) is 0 Å². The minimum Gasteiger partial charge on any atom is -0.444 e. The monoisotopic (exact) mass is 513 g/mol. The van der Waals surface area contributed by atoms with E-state index >= 15 is 0 Å². The molecule has 0 radical (unpaired) electrons. The maximum absolute atomic E-state index is 13.9. The van der Waals surface area contributed by atoms with Crippen LogP contribution < -0.4 is 10.6 Å². The first-order chi connectivity index (χ1) is 16.9. The van der Waals surface area contributed by atoms with Crippen LogP contribution in [0.25, 0.3) is 0 Å². The highest BCUT2D eigenvalue weighted by atomic mass is 32.1. The number of carbonyl (C=O) groups is 3. The van der Waals surface area contributed by atoms with E-state index in [4.69, 9.17) is 4.74 Å². The maximum atomic E-state index is 13.9. The molecule has 0 aliphatic rings. The van der Waals surface area contributed by atoms with Gasteiger partial charge in [0.15, 0.2) is 0 Å². The van der Waals surface area contributed by atoms with Gasteiger partial charge in [-0.2, -0.15) is 12.6 Å². The van der Waals surface area contributed by atoms with Crippen molar-refractivity contribution in [2.75, 3.05) is 5.75 Å². The third kappa shape index (κ3) is 8.01. The molecule has 0 saturated heterocycles. The van der Waals surface area contributed by atoms with Gasteiger partial charge in [0, 0.05) is 18.3 Å². The summed E-state index contributed by atoms with van der Waals surface area (Å²) in [5, 5.41) is 5.64. The van der Waals surface area contributed by atoms with Crippen molar-refractivity contribution < 1.29 is 19.1 Å². The number of aryl methyl sites for hydroxylation is 2. The lowest BCUT2D eigenvalue weighted by molar-refractivity contribution is -0.144. The van der Waals surface area contributed by atoms with Crippen molar-refractivity contribution in [3.05, 3.63) is 70.8 Å². The van der Waals surface area contributed by atoms with Gasteiger partial charge in [-0.05, 0) is 70.7 Å². The first-order valence-electron chi connectivity index (χ1n) is 12.2. The highest BCUT2D eigenvalue weighted by molar-refractivity contribution is 7.80. The van der Waals surface area contributed by atoms with Gasteiger partial charge in [-0.15, -0.1) is 0 Å². The van der Waals surface area contributed by atoms with Crippen LogP contribution in [0.5, 0.6) is 0 Å². The number of nitrogens with one attached hydrogen (secondary N) is 2. The van der Waals surface area contributed by atoms with Gasteiger partial charge in [-0.25, -0.2) is 4.79 Å². The standard InChI is InChI=1S/C28H39N3O4S/c1-18(2)31(26(33)22(17-36)30-27(34)35-28(5,6)7)24(23-19(3)12-11-13-20(23)4)25(32)29-16-21-14-9-8-10-15-21/h8-15,18,22,24,36H,16-17H2,1-7H3,(H,29,32)(H,30,34). The van der Waals surface area contributed by atoms with E-state index in [1.165, 1.54) is 4.90 Å². The number of thiol groups is 1. The molecule has 2 aromatic carbocycles. The summed E-state index contributed by atoms with van der Waals surface area (Å²) in [5.74, 6) is -0.659. The molecule has 2 rings (SSSR count). The van der Waals surface area contributed by atoms with Crippen LogP contribution in [-0.4, -0.2) is 46.2 Å². The summed E-state index contributed by atoms with van der Waals surface area (Å²) in [4.78, 5) is 41.6. The highest BCUT2D eigenvalue weighted by Gasteiger charge is 2.38. The third-order valence-corrected chi connectivity index (χ3v) is 6.00. The first-order valence-corrected chi connectivity index (χ1v) is 12.8. The zero-order valence-corrected chi connectivity index (χ0v) is 23.2. The number of rotatable bonds is 9. The fourth-order valence-electron chi connectivity index (χ4n) is 4.03. The third-order valence-electron chi connectivity index (χ3n) is 5.63. The van der Waals surface area contributed by atoms with Crippen molar-refractivity contribution in [3.8, 4) is 0 Å². The molecule has 196 valence electrons. The Morgan fingerprint density at radius 1 is 0.972 bits per heavy atom. The lowest BCUT2D eigenvalue weighted by atomic mass is 9.93. The summed E-state index contributed by atoms with van der Waals surface area (Å²) in [7, 11) is 0. The molecule has 0 aliphatic carbocycles. The number of carbonyl (C=O) groups excluding carboxylic acids is 3. The van der Waals surface area contributed by atoms with E-state index in [1.54, 1.807) is 20.8 Å². The van der Waals surface area contributed by atoms with Crippen LogP contribution in [0.2, 0.25) is 0 Å². The average Bonchev–Trinajstić information content (AvgIpc) is 2.79. The molecule has 3 amide bonds. The Bertz CT molecular complexity index is 1030. The quantitative estimate of drug-likeness (QED) is 0.424. The van der Waals surface area contributed by atoms with Crippen LogP contribution in [0.15, 0.2) is 48.5 Å². The molecule has 36 heavy (non-hydrogen) atoms. The molecule has 2 atom stereocenters. The minimum atomic E-state index is -0.973. The Labute approximate surface area is 220 Å². The Kier molecular flexibility index (Phi) is 10.4. The lowest BCUT2D eigenvalue weighted by Crippen LogP contribution is -2.55. The SMILES string of the molecule is Cc1cccc(C)c1C(C(=O)NCc1ccccc1)N(C(=O)C(CS)NC(=O)OC(C)(C)C)C(C)C. The number of amides is 3. The van der Waals surface area contributed by atoms with Gasteiger partial charge in [0.1, 0.15) is 17.7 Å². The van der Waals surface area contributed by atoms with Crippen molar-refractivity contribution in [2.45, 2.75) is 78.7 Å². The highest BCUT2D eigenvalue weighted by Crippen LogP contribution is 2.30. The fourth-order valence-corrected chi connectivity index (χ4v) is 4.28. The normalized spacial score (nSPS) is 13.0. The van der Waals surface area contributed by atoms with E-state index in [-0.39, 0.29) is 17.7 Å². The molecule has 2 N–H and O–H groups in total. The van der Waals surface area contributed by atoms with Gasteiger partial charge in [-0.1, -0.05) is 48.5 Å². The summed E-state index contributed by atoms with van der Waals surface area (Å²) in [6.07, 6.45) is -0.712. The molecule has 0 aromatic heterocycles. The minimum absolute atomic E-state index is 0.0480. The predicted octanol–water partition coefficient (Wildman–Crippen LogP) is 4.72. The number of ether oxygens (including phenoxy) is 1. The van der Waals surface area contributed by atoms with Crippen LogP contribution >= 0.6 is 12.6 Å². The average molecular weight is 514 g/mol. The summed E-state index contributed by atoms with van der Waals surface area (Å²) in [6.45, 7) is 13.1. The van der Waals surface area contributed by atoms with E-state index in [0.717, 1.165) is 22.3 Å². The van der Waals surface area contributed by atoms with Gasteiger partial charge in [0.05, 0.1) is 0 Å². The topological polar surface area (TPSA) is 87.7 Å². The first kappa shape index (κ1) is 29.2. The summed E-state index contributed by atoms with van der Waals surface area (Å²) < 4.78 is 5.34. The van der Waals surface area contributed by atoms with Crippen LogP contribution in [0.3, 0.4) is 0 Å². The predicted molar refractivity (Wildman–Crippen MR) is 146 cm³/mol. The molecule has 0 bridgehead atoms. The Hall–Kier alpha value is -3.00. The molecule has 0 heterocycles. The van der Waals surface area contributed by atoms with Gasteiger partial charge >= 0.3 is 6.09 Å². The molecule has 8 heteroatoms. The molecular weight excluding hydrogens is 474 g/mol. The zero-order valence-electron chi connectivity index (χ0n) is 22.3. The number of hydrogen-bond acceptors (Lipinski definition) is 5. The summed E-state index contributed by atoms with van der Waals surface area (Å²) >= 11 is 4.32. The number of nitrogens with zero attached hydrogens (tertiary/aromatic N) is 1. The number of benzene rings is 2. The van der Waals surface area contributed by atoms with Crippen LogP contribution in [0.4, 0.5) is 4.79 Å². The van der Waals surface area contributed by atoms with E-state index in [1.807, 2.05) is 76.2 Å². The second-order valence-corrected chi connectivity index (χ2v) is 10.5. The lowest BCUT2D eigenvalue weighted by Gasteiger charge is -2.38. The Morgan fingerprint density at radius 3 is 2.06 bits per heavy atom. The second-order valence-electron chi connectivity index (χ2n) is 10.1. The van der Waals surface area contributed by atoms with Gasteiger partial charge < -0.3 is 20.3 Å². The molecule has 2 aromatic rings. The van der Waals surface area contributed by atoms with Crippen LogP contribution in [-0.2, 0) is 20.9 Å². The Balaban J connectivity index is 2.45. The zero-order chi connectivity index (χ0) is 27.0. The molecule has 0 aliphatic heterocycles. The molecule has 2 unspecified atom stereocenters. The molecule has 0 fully saturated rings. The smallest absolute Gasteiger partial charge is 0.408 e. The van der Waals surface area contributed by atoms with Crippen molar-refractivity contribution in [1.29, 1.82) is 0 Å². The van der Waals surface area contributed by atoms with Crippen molar-refractivity contribution >= 4 is 30.5 Å². The Morgan fingerprint density at radius 2 is 1.56 bits per heavy atom.